The Hall–Kier alpha value is -1.84. The van der Waals surface area contributed by atoms with E-state index in [4.69, 9.17) is 5.73 Å². The van der Waals surface area contributed by atoms with E-state index < -0.39 is 0 Å². The molecule has 2 aromatic rings. The van der Waals surface area contributed by atoms with Gasteiger partial charge in [0.25, 0.3) is 0 Å². The van der Waals surface area contributed by atoms with Gasteiger partial charge in [-0.1, -0.05) is 32.9 Å². The monoisotopic (exact) mass is 249 g/mol. The first-order chi connectivity index (χ1) is 8.41. The number of aromatic nitrogens is 2. The second-order valence-electron chi connectivity index (χ2n) is 4.85. The van der Waals surface area contributed by atoms with Crippen LogP contribution in [0.5, 0.6) is 0 Å². The Balaban J connectivity index is 0.000000357. The van der Waals surface area contributed by atoms with Crippen molar-refractivity contribution in [2.75, 3.05) is 5.73 Å². The Morgan fingerprint density at radius 3 is 2.06 bits per heavy atom. The van der Waals surface area contributed by atoms with Gasteiger partial charge >= 0.3 is 0 Å². The van der Waals surface area contributed by atoms with Crippen LogP contribution in [0, 0.1) is 18.7 Å². The highest BCUT2D eigenvalue weighted by Gasteiger charge is 2.08. The van der Waals surface area contributed by atoms with E-state index in [9.17, 15) is 4.39 Å². The van der Waals surface area contributed by atoms with Gasteiger partial charge in [-0.05, 0) is 30.5 Å². The molecule has 0 saturated heterocycles. The van der Waals surface area contributed by atoms with Crippen molar-refractivity contribution in [3.05, 3.63) is 35.8 Å². The van der Waals surface area contributed by atoms with Crippen molar-refractivity contribution in [1.82, 2.24) is 10.2 Å². The van der Waals surface area contributed by atoms with E-state index in [1.807, 2.05) is 6.92 Å². The summed E-state index contributed by atoms with van der Waals surface area (Å²) in [6.45, 7) is 8.38. The van der Waals surface area contributed by atoms with E-state index >= 15 is 0 Å². The van der Waals surface area contributed by atoms with Gasteiger partial charge in [0.15, 0.2) is 5.82 Å². The van der Waals surface area contributed by atoms with Crippen LogP contribution >= 0.6 is 0 Å². The third-order valence-corrected chi connectivity index (χ3v) is 2.11. The number of benzene rings is 1. The van der Waals surface area contributed by atoms with Crippen molar-refractivity contribution in [3.63, 3.8) is 0 Å². The number of rotatable bonds is 1. The Morgan fingerprint density at radius 2 is 1.67 bits per heavy atom. The van der Waals surface area contributed by atoms with Gasteiger partial charge in [0.05, 0.1) is 0 Å². The number of nitrogens with two attached hydrogens (primary N) is 1. The van der Waals surface area contributed by atoms with Gasteiger partial charge in [0.1, 0.15) is 5.82 Å². The molecule has 0 amide bonds. The minimum atomic E-state index is -0.256. The summed E-state index contributed by atoms with van der Waals surface area (Å²) in [5.41, 5.74) is 8.27. The Bertz CT molecular complexity index is 464. The summed E-state index contributed by atoms with van der Waals surface area (Å²) in [6, 6.07) is 6.18. The van der Waals surface area contributed by atoms with Gasteiger partial charge in [-0.3, -0.25) is 5.10 Å². The molecule has 1 aromatic carbocycles. The zero-order valence-electron chi connectivity index (χ0n) is 11.3. The maximum absolute atomic E-state index is 12.7. The summed E-state index contributed by atoms with van der Waals surface area (Å²) in [5, 5.41) is 6.66. The summed E-state index contributed by atoms with van der Waals surface area (Å²) in [5.74, 6) is 1.02. The molecule has 0 atom stereocenters. The fourth-order valence-electron chi connectivity index (χ4n) is 1.43. The minimum absolute atomic E-state index is 0.256. The number of anilines is 1. The highest BCUT2D eigenvalue weighted by atomic mass is 19.1. The number of nitrogen functional groups attached to an aromatic ring is 1. The van der Waals surface area contributed by atoms with Gasteiger partial charge < -0.3 is 5.73 Å². The molecule has 0 aliphatic rings. The first-order valence-corrected chi connectivity index (χ1v) is 5.98. The van der Waals surface area contributed by atoms with Crippen LogP contribution in [0.2, 0.25) is 0 Å². The molecule has 1 aromatic heterocycles. The highest BCUT2D eigenvalue weighted by molar-refractivity contribution is 5.75. The fraction of sp³-hybridized carbons (Fsp3) is 0.357. The minimum Gasteiger partial charge on any atom is -0.382 e. The second kappa shape index (κ2) is 6.19. The zero-order chi connectivity index (χ0) is 13.7. The van der Waals surface area contributed by atoms with Crippen molar-refractivity contribution in [1.29, 1.82) is 0 Å². The number of H-pyrrole nitrogens is 1. The number of nitrogens with zero attached hydrogens (tertiary/aromatic N) is 1. The van der Waals surface area contributed by atoms with Crippen LogP contribution in [0.25, 0.3) is 11.1 Å². The lowest BCUT2D eigenvalue weighted by atomic mass is 10.1. The number of nitrogens with one attached hydrogen (secondary N) is 1. The van der Waals surface area contributed by atoms with Gasteiger partial charge in [-0.2, -0.15) is 5.10 Å². The molecule has 0 aliphatic heterocycles. The molecule has 0 aliphatic carbocycles. The number of halogens is 1. The lowest BCUT2D eigenvalue weighted by Crippen LogP contribution is -1.88. The molecular weight excluding hydrogens is 229 g/mol. The number of aromatic amines is 1. The van der Waals surface area contributed by atoms with Gasteiger partial charge in [0, 0.05) is 11.3 Å². The van der Waals surface area contributed by atoms with Crippen LogP contribution in [0.3, 0.4) is 0 Å². The normalized spacial score (nSPS) is 10.1. The smallest absolute Gasteiger partial charge is 0.153 e. The summed E-state index contributed by atoms with van der Waals surface area (Å²) in [6.07, 6.45) is 0. The highest BCUT2D eigenvalue weighted by Crippen LogP contribution is 2.27. The predicted octanol–water partition coefficient (Wildman–Crippen LogP) is 3.77. The summed E-state index contributed by atoms with van der Waals surface area (Å²) in [7, 11) is 0. The zero-order valence-corrected chi connectivity index (χ0v) is 11.3. The quantitative estimate of drug-likeness (QED) is 0.808. The molecule has 18 heavy (non-hydrogen) atoms. The lowest BCUT2D eigenvalue weighted by molar-refractivity contribution is 0.628. The van der Waals surface area contributed by atoms with Crippen LogP contribution in [-0.4, -0.2) is 10.2 Å². The van der Waals surface area contributed by atoms with Crippen molar-refractivity contribution in [2.45, 2.75) is 27.7 Å². The molecule has 1 heterocycles. The first kappa shape index (κ1) is 14.2. The van der Waals surface area contributed by atoms with Crippen LogP contribution in [0.4, 0.5) is 10.2 Å². The second-order valence-corrected chi connectivity index (χ2v) is 4.85. The van der Waals surface area contributed by atoms with Gasteiger partial charge in [-0.15, -0.1) is 0 Å². The van der Waals surface area contributed by atoms with E-state index in [2.05, 4.69) is 31.0 Å². The number of hydrogen-bond donors (Lipinski definition) is 2. The van der Waals surface area contributed by atoms with Crippen LogP contribution in [-0.2, 0) is 0 Å². The number of hydrogen-bond acceptors (Lipinski definition) is 2. The van der Waals surface area contributed by atoms with E-state index in [1.165, 1.54) is 12.1 Å². The molecule has 98 valence electrons. The number of aryl methyl sites for hydroxylation is 1. The van der Waals surface area contributed by atoms with Crippen LogP contribution in [0.15, 0.2) is 24.3 Å². The van der Waals surface area contributed by atoms with E-state index in [1.54, 1.807) is 12.1 Å². The molecule has 0 radical (unpaired) electrons. The average molecular weight is 249 g/mol. The SMILES string of the molecule is CC(C)C.Cc1[nH]nc(N)c1-c1ccc(F)cc1. The van der Waals surface area contributed by atoms with Gasteiger partial charge in [0.2, 0.25) is 0 Å². The Kier molecular flexibility index (Phi) is 4.89. The van der Waals surface area contributed by atoms with Crippen molar-refractivity contribution in [3.8, 4) is 11.1 Å². The largest absolute Gasteiger partial charge is 0.382 e. The molecule has 0 fully saturated rings. The topological polar surface area (TPSA) is 54.7 Å². The molecule has 0 bridgehead atoms. The summed E-state index contributed by atoms with van der Waals surface area (Å²) >= 11 is 0. The molecule has 0 spiro atoms. The maximum atomic E-state index is 12.7. The first-order valence-electron chi connectivity index (χ1n) is 5.98. The van der Waals surface area contributed by atoms with E-state index in [0.717, 1.165) is 22.7 Å². The third kappa shape index (κ3) is 3.87. The third-order valence-electron chi connectivity index (χ3n) is 2.11. The molecule has 3 nitrogen and oxygen atoms in total. The lowest BCUT2D eigenvalue weighted by Gasteiger charge is -2.00. The summed E-state index contributed by atoms with van der Waals surface area (Å²) in [4.78, 5) is 0. The van der Waals surface area contributed by atoms with Crippen molar-refractivity contribution < 1.29 is 4.39 Å². The summed E-state index contributed by atoms with van der Waals surface area (Å²) < 4.78 is 12.7. The molecular formula is C14H20FN3. The Labute approximate surface area is 107 Å². The maximum Gasteiger partial charge on any atom is 0.153 e. The molecule has 4 heteroatoms. The average Bonchev–Trinajstić information content (AvgIpc) is 2.60. The standard InChI is InChI=1S/C10H10FN3.C4H10/c1-6-9(10(12)14-13-6)7-2-4-8(11)5-3-7;1-4(2)3/h2-5H,1H3,(H3,12,13,14);4H,1-3H3. The van der Waals surface area contributed by atoms with Crippen molar-refractivity contribution in [2.24, 2.45) is 5.92 Å². The molecule has 3 N–H and O–H groups in total. The molecule has 0 unspecified atom stereocenters. The molecule has 2 rings (SSSR count). The fourth-order valence-corrected chi connectivity index (χ4v) is 1.43. The van der Waals surface area contributed by atoms with Crippen molar-refractivity contribution >= 4 is 5.82 Å². The Morgan fingerprint density at radius 1 is 1.17 bits per heavy atom. The van der Waals surface area contributed by atoms with Crippen LogP contribution in [0.1, 0.15) is 26.5 Å². The molecule has 0 saturated carbocycles. The predicted molar refractivity (Wildman–Crippen MR) is 73.6 cm³/mol. The van der Waals surface area contributed by atoms with Gasteiger partial charge in [-0.25, -0.2) is 4.39 Å². The van der Waals surface area contributed by atoms with Crippen LogP contribution < -0.4 is 5.73 Å². The van der Waals surface area contributed by atoms with E-state index in [0.29, 0.717) is 5.82 Å². The van der Waals surface area contributed by atoms with E-state index in [-0.39, 0.29) is 5.82 Å².